The van der Waals surface area contributed by atoms with E-state index in [0.29, 0.717) is 25.6 Å². The van der Waals surface area contributed by atoms with E-state index in [-0.39, 0.29) is 30.3 Å². The highest BCUT2D eigenvalue weighted by Crippen LogP contribution is 2.34. The molecule has 1 aromatic rings. The molecule has 1 aliphatic rings. The molecule has 0 spiro atoms. The number of nitrogens with zero attached hydrogens (tertiary/aromatic N) is 3. The molecule has 2 N–H and O–H groups in total. The van der Waals surface area contributed by atoms with Crippen molar-refractivity contribution in [2.24, 2.45) is 17.1 Å². The number of nitrogens with two attached hydrogens (primary N) is 1. The minimum absolute atomic E-state index is 0. The first-order valence-electron chi connectivity index (χ1n) is 7.72. The highest BCUT2D eigenvalue weighted by Gasteiger charge is 2.35. The topological polar surface area (TPSA) is 64.2 Å². The second-order valence-electron chi connectivity index (χ2n) is 6.74. The molecule has 138 valence electrons. The summed E-state index contributed by atoms with van der Waals surface area (Å²) in [6.45, 7) is 5.90. The van der Waals surface area contributed by atoms with Crippen LogP contribution in [0.15, 0.2) is 12.3 Å². The van der Waals surface area contributed by atoms with Crippen molar-refractivity contribution in [2.75, 3.05) is 19.6 Å². The molecule has 2 heterocycles. The van der Waals surface area contributed by atoms with Crippen LogP contribution in [0.25, 0.3) is 0 Å². The van der Waals surface area contributed by atoms with E-state index in [1.54, 1.807) is 4.90 Å². The van der Waals surface area contributed by atoms with Crippen molar-refractivity contribution < 1.29 is 18.0 Å². The van der Waals surface area contributed by atoms with Gasteiger partial charge in [-0.3, -0.25) is 9.48 Å². The Balaban J connectivity index is 0.00000288. The number of likely N-dealkylation sites (tertiary alicyclic amines) is 1. The van der Waals surface area contributed by atoms with Crippen LogP contribution in [-0.4, -0.2) is 40.2 Å². The highest BCUT2D eigenvalue weighted by atomic mass is 35.5. The van der Waals surface area contributed by atoms with E-state index in [4.69, 9.17) is 5.73 Å². The van der Waals surface area contributed by atoms with Crippen molar-refractivity contribution in [2.45, 2.75) is 39.4 Å². The number of piperidine rings is 1. The van der Waals surface area contributed by atoms with Gasteiger partial charge in [-0.2, -0.15) is 18.3 Å². The van der Waals surface area contributed by atoms with E-state index in [1.807, 2.05) is 0 Å². The molecule has 1 saturated heterocycles. The Morgan fingerprint density at radius 2 is 1.92 bits per heavy atom. The van der Waals surface area contributed by atoms with Gasteiger partial charge >= 0.3 is 6.18 Å². The number of rotatable bonds is 4. The zero-order valence-electron chi connectivity index (χ0n) is 13.8. The number of carbonyl (C=O) groups excluding carboxylic acids is 1. The molecule has 0 aliphatic carbocycles. The molecule has 0 saturated carbocycles. The van der Waals surface area contributed by atoms with Crippen molar-refractivity contribution in [1.82, 2.24) is 14.7 Å². The summed E-state index contributed by atoms with van der Waals surface area (Å²) in [5, 5.41) is 3.41. The fourth-order valence-electron chi connectivity index (χ4n) is 2.92. The maximum absolute atomic E-state index is 12.5. The van der Waals surface area contributed by atoms with Crippen molar-refractivity contribution in [3.05, 3.63) is 18.0 Å². The zero-order valence-corrected chi connectivity index (χ0v) is 14.7. The Hall–Kier alpha value is -1.28. The number of alkyl halides is 3. The van der Waals surface area contributed by atoms with Crippen molar-refractivity contribution >= 4 is 18.3 Å². The largest absolute Gasteiger partial charge is 0.435 e. The molecule has 1 fully saturated rings. The number of halogens is 4. The highest BCUT2D eigenvalue weighted by molar-refractivity contribution is 5.85. The lowest BCUT2D eigenvalue weighted by atomic mass is 9.74. The Morgan fingerprint density at radius 3 is 2.38 bits per heavy atom. The van der Waals surface area contributed by atoms with Gasteiger partial charge in [0.05, 0.1) is 0 Å². The molecule has 24 heavy (non-hydrogen) atoms. The van der Waals surface area contributed by atoms with E-state index in [2.05, 4.69) is 18.9 Å². The number of hydrogen-bond acceptors (Lipinski definition) is 3. The van der Waals surface area contributed by atoms with Crippen LogP contribution >= 0.6 is 12.4 Å². The fourth-order valence-corrected chi connectivity index (χ4v) is 2.92. The maximum atomic E-state index is 12.5. The Labute approximate surface area is 145 Å². The van der Waals surface area contributed by atoms with E-state index in [9.17, 15) is 18.0 Å². The number of aromatic nitrogens is 2. The molecular formula is C15H24ClF3N4O. The van der Waals surface area contributed by atoms with Gasteiger partial charge in [0.1, 0.15) is 6.54 Å². The first-order chi connectivity index (χ1) is 10.6. The summed E-state index contributed by atoms with van der Waals surface area (Å²) < 4.78 is 38.5. The summed E-state index contributed by atoms with van der Waals surface area (Å²) in [7, 11) is 0. The standard InChI is InChI=1S/C15H23F3N4O.ClH/c1-14(2,10-19)11-3-6-21(7-4-11)13(23)9-22-8-5-12(20-22)15(16,17)18;/h5,8,11H,3-4,6-7,9-10,19H2,1-2H3;1H. The third-order valence-corrected chi connectivity index (χ3v) is 4.71. The molecule has 0 atom stereocenters. The molecule has 1 aliphatic heterocycles. The first kappa shape index (κ1) is 20.8. The average molecular weight is 369 g/mol. The van der Waals surface area contributed by atoms with Crippen LogP contribution in [-0.2, 0) is 17.5 Å². The second-order valence-corrected chi connectivity index (χ2v) is 6.74. The SMILES string of the molecule is CC(C)(CN)C1CCN(C(=O)Cn2ccc(C(F)(F)F)n2)CC1.Cl. The summed E-state index contributed by atoms with van der Waals surface area (Å²) in [6, 6.07) is 0.878. The smallest absolute Gasteiger partial charge is 0.341 e. The van der Waals surface area contributed by atoms with Gasteiger partial charge in [0.25, 0.3) is 0 Å². The third-order valence-electron chi connectivity index (χ3n) is 4.71. The first-order valence-corrected chi connectivity index (χ1v) is 7.72. The lowest BCUT2D eigenvalue weighted by Crippen LogP contribution is -2.45. The van der Waals surface area contributed by atoms with Gasteiger partial charge in [-0.15, -0.1) is 12.4 Å². The van der Waals surface area contributed by atoms with E-state index >= 15 is 0 Å². The lowest BCUT2D eigenvalue weighted by molar-refractivity contribution is -0.142. The summed E-state index contributed by atoms with van der Waals surface area (Å²) >= 11 is 0. The monoisotopic (exact) mass is 368 g/mol. The van der Waals surface area contributed by atoms with Crippen LogP contribution in [0, 0.1) is 11.3 Å². The van der Waals surface area contributed by atoms with Gasteiger partial charge in [0.2, 0.25) is 5.91 Å². The minimum Gasteiger partial charge on any atom is -0.341 e. The zero-order chi connectivity index (χ0) is 17.3. The predicted octanol–water partition coefficient (Wildman–Crippen LogP) is 2.55. The fraction of sp³-hybridized carbons (Fsp3) is 0.733. The Kier molecular flexibility index (Phi) is 6.69. The Morgan fingerprint density at radius 1 is 1.33 bits per heavy atom. The van der Waals surface area contributed by atoms with Crippen LogP contribution in [0.5, 0.6) is 0 Å². The van der Waals surface area contributed by atoms with Crippen LogP contribution in [0.4, 0.5) is 13.2 Å². The van der Waals surface area contributed by atoms with Crippen LogP contribution in [0.2, 0.25) is 0 Å². The number of carbonyl (C=O) groups is 1. The predicted molar refractivity (Wildman–Crippen MR) is 86.6 cm³/mol. The normalized spacial score (nSPS) is 16.8. The molecule has 0 bridgehead atoms. The molecule has 1 aromatic heterocycles. The summed E-state index contributed by atoms with van der Waals surface area (Å²) in [6.07, 6.45) is -1.57. The van der Waals surface area contributed by atoms with Crippen LogP contribution in [0.1, 0.15) is 32.4 Å². The van der Waals surface area contributed by atoms with Gasteiger partial charge in [-0.25, -0.2) is 0 Å². The number of hydrogen-bond donors (Lipinski definition) is 1. The third kappa shape index (κ3) is 4.86. The van der Waals surface area contributed by atoms with E-state index in [1.165, 1.54) is 6.20 Å². The molecule has 5 nitrogen and oxygen atoms in total. The van der Waals surface area contributed by atoms with Crippen molar-refractivity contribution in [1.29, 1.82) is 0 Å². The van der Waals surface area contributed by atoms with Crippen LogP contribution < -0.4 is 5.73 Å². The van der Waals surface area contributed by atoms with Gasteiger partial charge < -0.3 is 10.6 Å². The number of amides is 1. The van der Waals surface area contributed by atoms with Crippen molar-refractivity contribution in [3.8, 4) is 0 Å². The molecule has 0 unspecified atom stereocenters. The quantitative estimate of drug-likeness (QED) is 0.888. The molecule has 2 rings (SSSR count). The Bertz CT molecular complexity index is 551. The molecule has 0 aromatic carbocycles. The molecule has 1 amide bonds. The van der Waals surface area contributed by atoms with E-state index < -0.39 is 11.9 Å². The summed E-state index contributed by atoms with van der Waals surface area (Å²) in [5.74, 6) is 0.254. The summed E-state index contributed by atoms with van der Waals surface area (Å²) in [4.78, 5) is 13.9. The maximum Gasteiger partial charge on any atom is 0.435 e. The van der Waals surface area contributed by atoms with Crippen LogP contribution in [0.3, 0.4) is 0 Å². The van der Waals surface area contributed by atoms with Gasteiger partial charge in [0.15, 0.2) is 5.69 Å². The van der Waals surface area contributed by atoms with E-state index in [0.717, 1.165) is 23.6 Å². The van der Waals surface area contributed by atoms with Gasteiger partial charge in [0, 0.05) is 19.3 Å². The van der Waals surface area contributed by atoms with Crippen molar-refractivity contribution in [3.63, 3.8) is 0 Å². The molecule has 0 radical (unpaired) electrons. The molecule has 9 heteroatoms. The van der Waals surface area contributed by atoms with Gasteiger partial charge in [-0.05, 0) is 36.8 Å². The van der Waals surface area contributed by atoms with Gasteiger partial charge in [-0.1, -0.05) is 13.8 Å². The lowest BCUT2D eigenvalue weighted by Gasteiger charge is -2.40. The summed E-state index contributed by atoms with van der Waals surface area (Å²) in [5.41, 5.74) is 4.85. The average Bonchev–Trinajstić information content (AvgIpc) is 2.96. The second kappa shape index (κ2) is 7.74. The minimum atomic E-state index is -4.49. The molecular weight excluding hydrogens is 345 g/mol.